The lowest BCUT2D eigenvalue weighted by Gasteiger charge is -2.13. The lowest BCUT2D eigenvalue weighted by atomic mass is 10.1. The van der Waals surface area contributed by atoms with Crippen LogP contribution >= 0.6 is 0 Å². The molecule has 1 atom stereocenters. The van der Waals surface area contributed by atoms with Crippen molar-refractivity contribution >= 4 is 5.82 Å². The fourth-order valence-corrected chi connectivity index (χ4v) is 3.20. The van der Waals surface area contributed by atoms with Crippen LogP contribution in [0.5, 0.6) is 5.75 Å². The van der Waals surface area contributed by atoms with Crippen LogP contribution in [0.2, 0.25) is 0 Å². The second kappa shape index (κ2) is 7.73. The molecule has 7 heteroatoms. The third-order valence-corrected chi connectivity index (χ3v) is 4.96. The molecule has 0 amide bonds. The van der Waals surface area contributed by atoms with Gasteiger partial charge in [0.15, 0.2) is 5.82 Å². The van der Waals surface area contributed by atoms with Crippen molar-refractivity contribution in [3.8, 4) is 28.1 Å². The van der Waals surface area contributed by atoms with Crippen molar-refractivity contribution in [1.82, 2.24) is 20.0 Å². The summed E-state index contributed by atoms with van der Waals surface area (Å²) in [5.41, 5.74) is 10.7. The van der Waals surface area contributed by atoms with Crippen molar-refractivity contribution in [2.24, 2.45) is 0 Å². The number of aromatic hydroxyl groups is 1. The summed E-state index contributed by atoms with van der Waals surface area (Å²) in [4.78, 5) is 0. The Hall–Kier alpha value is -3.71. The summed E-state index contributed by atoms with van der Waals surface area (Å²) in [6.45, 7) is 2.07. The maximum absolute atomic E-state index is 10.1. The van der Waals surface area contributed by atoms with Gasteiger partial charge in [-0.2, -0.15) is 5.10 Å². The molecule has 0 aliphatic heterocycles. The molecule has 4 N–H and O–H groups in total. The molecule has 2 heterocycles. The minimum atomic E-state index is 0.00477. The van der Waals surface area contributed by atoms with E-state index in [1.807, 2.05) is 48.1 Å². The topological polar surface area (TPSA) is 110 Å². The fraction of sp³-hybridized carbons (Fsp3) is 0.136. The standard InChI is InChI=1S/C22H21N5O2/c1-14(16-8-6-15(13-28)7-9-16)27-12-17(11-24-27)19-10-20(25-26-22(19)23)18-4-2-3-5-21(18)29/h2-12,14,28-29H,13H2,1H3,(H2,23,26). The zero-order valence-corrected chi connectivity index (χ0v) is 15.9. The Morgan fingerprint density at radius 3 is 2.52 bits per heavy atom. The average Bonchev–Trinajstić information content (AvgIpc) is 3.24. The van der Waals surface area contributed by atoms with Gasteiger partial charge in [-0.05, 0) is 36.2 Å². The van der Waals surface area contributed by atoms with Gasteiger partial charge in [0, 0.05) is 22.9 Å². The maximum atomic E-state index is 10.1. The highest BCUT2D eigenvalue weighted by Gasteiger charge is 2.15. The van der Waals surface area contributed by atoms with Gasteiger partial charge in [-0.25, -0.2) is 0 Å². The van der Waals surface area contributed by atoms with Crippen LogP contribution in [0.25, 0.3) is 22.4 Å². The molecule has 1 unspecified atom stereocenters. The molecule has 0 aliphatic carbocycles. The molecule has 0 saturated carbocycles. The number of aliphatic hydroxyl groups is 1. The fourth-order valence-electron chi connectivity index (χ4n) is 3.20. The van der Waals surface area contributed by atoms with Gasteiger partial charge < -0.3 is 15.9 Å². The lowest BCUT2D eigenvalue weighted by Crippen LogP contribution is -2.07. The molecule has 0 aliphatic rings. The molecule has 4 rings (SSSR count). The number of phenols is 1. The molecule has 0 bridgehead atoms. The number of para-hydroxylation sites is 1. The number of anilines is 1. The summed E-state index contributed by atoms with van der Waals surface area (Å²) >= 11 is 0. The van der Waals surface area contributed by atoms with E-state index < -0.39 is 0 Å². The van der Waals surface area contributed by atoms with Crippen molar-refractivity contribution in [2.75, 3.05) is 5.73 Å². The normalized spacial score (nSPS) is 12.1. The van der Waals surface area contributed by atoms with E-state index in [4.69, 9.17) is 5.73 Å². The van der Waals surface area contributed by atoms with Crippen LogP contribution in [0.3, 0.4) is 0 Å². The predicted molar refractivity (Wildman–Crippen MR) is 111 cm³/mol. The molecule has 0 fully saturated rings. The van der Waals surface area contributed by atoms with Gasteiger partial charge in [-0.3, -0.25) is 4.68 Å². The quantitative estimate of drug-likeness (QED) is 0.484. The molecule has 2 aromatic heterocycles. The average molecular weight is 387 g/mol. The van der Waals surface area contributed by atoms with E-state index in [0.717, 1.165) is 16.7 Å². The Morgan fingerprint density at radius 1 is 1.03 bits per heavy atom. The smallest absolute Gasteiger partial charge is 0.154 e. The molecule has 0 spiro atoms. The molecular weight excluding hydrogens is 366 g/mol. The van der Waals surface area contributed by atoms with E-state index in [2.05, 4.69) is 15.3 Å². The van der Waals surface area contributed by atoms with Crippen LogP contribution in [-0.4, -0.2) is 30.2 Å². The van der Waals surface area contributed by atoms with Gasteiger partial charge in [0.25, 0.3) is 0 Å². The highest BCUT2D eigenvalue weighted by Crippen LogP contribution is 2.32. The Morgan fingerprint density at radius 2 is 1.79 bits per heavy atom. The SMILES string of the molecule is CC(c1ccc(CO)cc1)n1cc(-c2cc(-c3ccccc3O)nnc2N)cn1. The molecule has 0 radical (unpaired) electrons. The summed E-state index contributed by atoms with van der Waals surface area (Å²) in [5, 5.41) is 32.0. The van der Waals surface area contributed by atoms with E-state index in [1.54, 1.807) is 30.5 Å². The summed E-state index contributed by atoms with van der Waals surface area (Å²) in [6.07, 6.45) is 3.65. The Labute approximate surface area is 168 Å². The Balaban J connectivity index is 1.67. The van der Waals surface area contributed by atoms with Crippen LogP contribution < -0.4 is 5.73 Å². The van der Waals surface area contributed by atoms with Crippen LogP contribution in [0.1, 0.15) is 24.1 Å². The number of hydrogen-bond donors (Lipinski definition) is 3. The summed E-state index contributed by atoms with van der Waals surface area (Å²) in [6, 6.07) is 16.5. The van der Waals surface area contributed by atoms with Gasteiger partial charge in [0.2, 0.25) is 0 Å². The van der Waals surface area contributed by atoms with Crippen molar-refractivity contribution in [2.45, 2.75) is 19.6 Å². The first-order valence-corrected chi connectivity index (χ1v) is 9.22. The van der Waals surface area contributed by atoms with E-state index in [1.165, 1.54) is 0 Å². The zero-order chi connectivity index (χ0) is 20.4. The van der Waals surface area contributed by atoms with Crippen LogP contribution in [-0.2, 0) is 6.61 Å². The summed E-state index contributed by atoms with van der Waals surface area (Å²) in [5.74, 6) is 0.428. The van der Waals surface area contributed by atoms with Crippen molar-refractivity contribution in [3.63, 3.8) is 0 Å². The summed E-state index contributed by atoms with van der Waals surface area (Å²) < 4.78 is 1.85. The predicted octanol–water partition coefficient (Wildman–Crippen LogP) is 3.40. The van der Waals surface area contributed by atoms with E-state index in [0.29, 0.717) is 22.6 Å². The largest absolute Gasteiger partial charge is 0.507 e. The molecular formula is C22H21N5O2. The maximum Gasteiger partial charge on any atom is 0.154 e. The monoisotopic (exact) mass is 387 g/mol. The minimum Gasteiger partial charge on any atom is -0.507 e. The highest BCUT2D eigenvalue weighted by atomic mass is 16.3. The Kier molecular flexibility index (Phi) is 4.97. The van der Waals surface area contributed by atoms with Crippen molar-refractivity contribution in [3.05, 3.63) is 78.1 Å². The molecule has 0 saturated heterocycles. The number of nitrogen functional groups attached to an aromatic ring is 1. The minimum absolute atomic E-state index is 0.00477. The highest BCUT2D eigenvalue weighted by molar-refractivity contribution is 5.78. The van der Waals surface area contributed by atoms with E-state index >= 15 is 0 Å². The van der Waals surface area contributed by atoms with Crippen LogP contribution in [0.15, 0.2) is 67.0 Å². The number of phenolic OH excluding ortho intramolecular Hbond substituents is 1. The van der Waals surface area contributed by atoms with Crippen LogP contribution in [0, 0.1) is 0 Å². The number of nitrogens with zero attached hydrogens (tertiary/aromatic N) is 4. The first-order chi connectivity index (χ1) is 14.1. The molecule has 146 valence electrons. The number of aromatic nitrogens is 4. The number of benzene rings is 2. The molecule has 7 nitrogen and oxygen atoms in total. The van der Waals surface area contributed by atoms with Gasteiger partial charge in [-0.1, -0.05) is 36.4 Å². The van der Waals surface area contributed by atoms with Gasteiger partial charge in [0.1, 0.15) is 5.75 Å². The van der Waals surface area contributed by atoms with Gasteiger partial charge in [0.05, 0.1) is 24.5 Å². The van der Waals surface area contributed by atoms with Crippen molar-refractivity contribution in [1.29, 1.82) is 0 Å². The number of hydrogen-bond acceptors (Lipinski definition) is 6. The number of nitrogens with two attached hydrogens (primary N) is 1. The van der Waals surface area contributed by atoms with Gasteiger partial charge >= 0.3 is 0 Å². The van der Waals surface area contributed by atoms with Gasteiger partial charge in [-0.15, -0.1) is 10.2 Å². The number of aliphatic hydroxyl groups excluding tert-OH is 1. The van der Waals surface area contributed by atoms with E-state index in [-0.39, 0.29) is 18.4 Å². The molecule has 2 aromatic carbocycles. The van der Waals surface area contributed by atoms with E-state index in [9.17, 15) is 10.2 Å². The second-order valence-corrected chi connectivity index (χ2v) is 6.83. The lowest BCUT2D eigenvalue weighted by molar-refractivity contribution is 0.282. The second-order valence-electron chi connectivity index (χ2n) is 6.83. The number of rotatable bonds is 5. The van der Waals surface area contributed by atoms with Crippen LogP contribution in [0.4, 0.5) is 5.82 Å². The zero-order valence-electron chi connectivity index (χ0n) is 15.9. The Bertz CT molecular complexity index is 1140. The summed E-state index contributed by atoms with van der Waals surface area (Å²) in [7, 11) is 0. The molecule has 29 heavy (non-hydrogen) atoms. The first-order valence-electron chi connectivity index (χ1n) is 9.22. The van der Waals surface area contributed by atoms with Crippen molar-refractivity contribution < 1.29 is 10.2 Å². The third-order valence-electron chi connectivity index (χ3n) is 4.96. The molecule has 4 aromatic rings. The first kappa shape index (κ1) is 18.6. The third kappa shape index (κ3) is 3.68.